The van der Waals surface area contributed by atoms with E-state index in [-0.39, 0.29) is 27.7 Å². The first kappa shape index (κ1) is 16.1. The smallest absolute Gasteiger partial charge is 0.251 e. The van der Waals surface area contributed by atoms with Crippen LogP contribution in [0.1, 0.15) is 38.6 Å². The molecule has 1 heterocycles. The number of halogens is 2. The SMILES string of the molecule is Cc1cc(C(C)NC(=O)c2cc(Cl)c(N)c(Cl)c2)c(C)s1. The molecule has 0 spiro atoms. The Balaban J connectivity index is 2.20. The number of aryl methyl sites for hydroxylation is 2. The Morgan fingerprint density at radius 2 is 1.81 bits per heavy atom. The van der Waals surface area contributed by atoms with Crippen LogP contribution < -0.4 is 11.1 Å². The van der Waals surface area contributed by atoms with Gasteiger partial charge in [0.25, 0.3) is 5.91 Å². The van der Waals surface area contributed by atoms with Gasteiger partial charge in [0.15, 0.2) is 0 Å². The summed E-state index contributed by atoms with van der Waals surface area (Å²) in [7, 11) is 0. The van der Waals surface area contributed by atoms with Crippen LogP contribution in [0.2, 0.25) is 10.0 Å². The molecular formula is C15H16Cl2N2OS. The highest BCUT2D eigenvalue weighted by molar-refractivity contribution is 7.12. The normalized spacial score (nSPS) is 12.2. The summed E-state index contributed by atoms with van der Waals surface area (Å²) in [6, 6.07) is 5.05. The summed E-state index contributed by atoms with van der Waals surface area (Å²) < 4.78 is 0. The molecule has 0 aliphatic heterocycles. The highest BCUT2D eigenvalue weighted by Gasteiger charge is 2.16. The second-order valence-corrected chi connectivity index (χ2v) is 7.19. The lowest BCUT2D eigenvalue weighted by Gasteiger charge is -2.14. The molecule has 3 nitrogen and oxygen atoms in total. The molecule has 1 atom stereocenters. The summed E-state index contributed by atoms with van der Waals surface area (Å²) >= 11 is 13.6. The second kappa shape index (κ2) is 6.26. The maximum atomic E-state index is 12.3. The Morgan fingerprint density at radius 1 is 1.24 bits per heavy atom. The van der Waals surface area contributed by atoms with E-state index >= 15 is 0 Å². The van der Waals surface area contributed by atoms with Crippen LogP contribution in [0.3, 0.4) is 0 Å². The van der Waals surface area contributed by atoms with Gasteiger partial charge in [-0.15, -0.1) is 11.3 Å². The Kier molecular flexibility index (Phi) is 4.81. The van der Waals surface area contributed by atoms with Gasteiger partial charge < -0.3 is 11.1 Å². The van der Waals surface area contributed by atoms with E-state index in [0.717, 1.165) is 5.56 Å². The van der Waals surface area contributed by atoms with E-state index in [1.807, 2.05) is 13.8 Å². The summed E-state index contributed by atoms with van der Waals surface area (Å²) in [6.07, 6.45) is 0. The summed E-state index contributed by atoms with van der Waals surface area (Å²) in [6.45, 7) is 6.05. The van der Waals surface area contributed by atoms with Crippen molar-refractivity contribution in [3.8, 4) is 0 Å². The third-order valence-electron chi connectivity index (χ3n) is 3.23. The Bertz CT molecular complexity index is 674. The number of hydrogen-bond donors (Lipinski definition) is 2. The number of nitrogen functional groups attached to an aromatic ring is 1. The zero-order valence-electron chi connectivity index (χ0n) is 12.0. The Hall–Kier alpha value is -1.23. The molecule has 0 aliphatic carbocycles. The van der Waals surface area contributed by atoms with E-state index in [1.54, 1.807) is 11.3 Å². The van der Waals surface area contributed by atoms with Crippen LogP contribution in [0.5, 0.6) is 0 Å². The molecule has 2 rings (SSSR count). The molecule has 0 bridgehead atoms. The summed E-state index contributed by atoms with van der Waals surface area (Å²) in [5.74, 6) is -0.227. The van der Waals surface area contributed by atoms with Crippen LogP contribution in [0, 0.1) is 13.8 Å². The van der Waals surface area contributed by atoms with Gasteiger partial charge >= 0.3 is 0 Å². The molecular weight excluding hydrogens is 327 g/mol. The molecule has 1 unspecified atom stereocenters. The van der Waals surface area contributed by atoms with Crippen molar-refractivity contribution in [2.45, 2.75) is 26.8 Å². The number of nitrogens with two attached hydrogens (primary N) is 1. The molecule has 6 heteroatoms. The zero-order chi connectivity index (χ0) is 15.7. The molecule has 21 heavy (non-hydrogen) atoms. The quantitative estimate of drug-likeness (QED) is 0.791. The van der Waals surface area contributed by atoms with Crippen LogP contribution in [-0.2, 0) is 0 Å². The van der Waals surface area contributed by atoms with E-state index in [9.17, 15) is 4.79 Å². The molecule has 1 aromatic heterocycles. The van der Waals surface area contributed by atoms with Gasteiger partial charge in [0.05, 0.1) is 21.8 Å². The zero-order valence-corrected chi connectivity index (χ0v) is 14.3. The molecule has 1 aromatic carbocycles. The number of thiophene rings is 1. The maximum absolute atomic E-state index is 12.3. The lowest BCUT2D eigenvalue weighted by molar-refractivity contribution is 0.0940. The van der Waals surface area contributed by atoms with Gasteiger partial charge in [0.1, 0.15) is 0 Å². The van der Waals surface area contributed by atoms with Crippen molar-refractivity contribution in [1.82, 2.24) is 5.32 Å². The largest absolute Gasteiger partial charge is 0.396 e. The van der Waals surface area contributed by atoms with Gasteiger partial charge in [-0.3, -0.25) is 4.79 Å². The number of amides is 1. The predicted octanol–water partition coefficient (Wildman–Crippen LogP) is 4.74. The van der Waals surface area contributed by atoms with E-state index in [0.29, 0.717) is 5.56 Å². The number of benzene rings is 1. The lowest BCUT2D eigenvalue weighted by Crippen LogP contribution is -2.26. The van der Waals surface area contributed by atoms with Gasteiger partial charge in [-0.25, -0.2) is 0 Å². The number of carbonyl (C=O) groups excluding carboxylic acids is 1. The van der Waals surface area contributed by atoms with Crippen LogP contribution in [0.15, 0.2) is 18.2 Å². The average Bonchev–Trinajstić information content (AvgIpc) is 2.74. The van der Waals surface area contributed by atoms with Crippen molar-refractivity contribution in [2.24, 2.45) is 0 Å². The van der Waals surface area contributed by atoms with Gasteiger partial charge in [-0.1, -0.05) is 23.2 Å². The highest BCUT2D eigenvalue weighted by atomic mass is 35.5. The molecule has 0 radical (unpaired) electrons. The van der Waals surface area contributed by atoms with Crippen molar-refractivity contribution in [3.63, 3.8) is 0 Å². The fourth-order valence-electron chi connectivity index (χ4n) is 2.15. The minimum Gasteiger partial charge on any atom is -0.396 e. The van der Waals surface area contributed by atoms with E-state index in [2.05, 4.69) is 18.3 Å². The number of anilines is 1. The molecule has 0 aliphatic rings. The predicted molar refractivity (Wildman–Crippen MR) is 90.5 cm³/mol. The first-order valence-corrected chi connectivity index (χ1v) is 7.99. The first-order valence-electron chi connectivity index (χ1n) is 6.42. The number of rotatable bonds is 3. The van der Waals surface area contributed by atoms with E-state index < -0.39 is 0 Å². The van der Waals surface area contributed by atoms with Gasteiger partial charge in [0, 0.05) is 15.3 Å². The molecule has 0 fully saturated rings. The molecule has 3 N–H and O–H groups in total. The van der Waals surface area contributed by atoms with Crippen LogP contribution in [0.4, 0.5) is 5.69 Å². The maximum Gasteiger partial charge on any atom is 0.251 e. The highest BCUT2D eigenvalue weighted by Crippen LogP contribution is 2.30. The van der Waals surface area contributed by atoms with Crippen molar-refractivity contribution in [2.75, 3.05) is 5.73 Å². The fraction of sp³-hybridized carbons (Fsp3) is 0.267. The van der Waals surface area contributed by atoms with Crippen LogP contribution >= 0.6 is 34.5 Å². The molecule has 1 amide bonds. The molecule has 112 valence electrons. The Labute approximate surface area is 138 Å². The van der Waals surface area contributed by atoms with Crippen LogP contribution in [0.25, 0.3) is 0 Å². The van der Waals surface area contributed by atoms with Crippen molar-refractivity contribution in [3.05, 3.63) is 49.1 Å². The summed E-state index contributed by atoms with van der Waals surface area (Å²) in [4.78, 5) is 14.7. The van der Waals surface area contributed by atoms with Gasteiger partial charge in [-0.05, 0) is 44.5 Å². The summed E-state index contributed by atoms with van der Waals surface area (Å²) in [5.41, 5.74) is 7.48. The third-order valence-corrected chi connectivity index (χ3v) is 4.84. The van der Waals surface area contributed by atoms with E-state index in [1.165, 1.54) is 21.9 Å². The first-order chi connectivity index (χ1) is 9.79. The topological polar surface area (TPSA) is 55.1 Å². The lowest BCUT2D eigenvalue weighted by atomic mass is 10.1. The molecule has 0 saturated carbocycles. The minimum absolute atomic E-state index is 0.0856. The van der Waals surface area contributed by atoms with Crippen molar-refractivity contribution < 1.29 is 4.79 Å². The van der Waals surface area contributed by atoms with E-state index in [4.69, 9.17) is 28.9 Å². The minimum atomic E-state index is -0.227. The number of hydrogen-bond acceptors (Lipinski definition) is 3. The summed E-state index contributed by atoms with van der Waals surface area (Å²) in [5, 5.41) is 3.51. The molecule has 2 aromatic rings. The number of carbonyl (C=O) groups is 1. The average molecular weight is 343 g/mol. The standard InChI is InChI=1S/C15H16Cl2N2OS/c1-7-4-11(9(3)21-7)8(2)19-15(20)10-5-12(16)14(18)13(17)6-10/h4-6,8H,18H2,1-3H3,(H,19,20). The molecule has 0 saturated heterocycles. The monoisotopic (exact) mass is 342 g/mol. The van der Waals surface area contributed by atoms with Crippen molar-refractivity contribution >= 4 is 46.1 Å². The Morgan fingerprint density at radius 3 is 2.29 bits per heavy atom. The number of nitrogens with one attached hydrogen (secondary N) is 1. The van der Waals surface area contributed by atoms with Gasteiger partial charge in [0.2, 0.25) is 0 Å². The fourth-order valence-corrected chi connectivity index (χ4v) is 3.66. The van der Waals surface area contributed by atoms with Crippen molar-refractivity contribution in [1.29, 1.82) is 0 Å². The van der Waals surface area contributed by atoms with Crippen LogP contribution in [-0.4, -0.2) is 5.91 Å². The third kappa shape index (κ3) is 3.51. The van der Waals surface area contributed by atoms with Gasteiger partial charge in [-0.2, -0.15) is 0 Å². The second-order valence-electron chi connectivity index (χ2n) is 4.92.